The van der Waals surface area contributed by atoms with E-state index in [-0.39, 0.29) is 13.0 Å². The second-order valence-corrected chi connectivity index (χ2v) is 9.49. The number of aryl methyl sites for hydroxylation is 1. The molecule has 0 bridgehead atoms. The summed E-state index contributed by atoms with van der Waals surface area (Å²) in [7, 11) is 0. The van der Waals surface area contributed by atoms with Crippen molar-refractivity contribution in [3.8, 4) is 0 Å². The van der Waals surface area contributed by atoms with Gasteiger partial charge in [-0.25, -0.2) is 0 Å². The molecule has 1 aliphatic heterocycles. The quantitative estimate of drug-likeness (QED) is 0.613. The van der Waals surface area contributed by atoms with Crippen LogP contribution < -0.4 is 11.1 Å². The predicted molar refractivity (Wildman–Crippen MR) is 124 cm³/mol. The van der Waals surface area contributed by atoms with Crippen LogP contribution in [0.4, 0.5) is 13.2 Å². The van der Waals surface area contributed by atoms with Gasteiger partial charge in [-0.3, -0.25) is 9.59 Å². The summed E-state index contributed by atoms with van der Waals surface area (Å²) in [6.07, 6.45) is -1.07. The molecule has 0 saturated heterocycles. The molecule has 0 fully saturated rings. The topological polar surface area (TPSA) is 92.5 Å². The van der Waals surface area contributed by atoms with E-state index in [4.69, 9.17) is 5.73 Å². The van der Waals surface area contributed by atoms with E-state index < -0.39 is 36.0 Å². The molecule has 0 saturated carbocycles. The van der Waals surface area contributed by atoms with Crippen molar-refractivity contribution in [2.75, 3.05) is 13.1 Å². The van der Waals surface area contributed by atoms with Gasteiger partial charge in [0.1, 0.15) is 18.9 Å². The number of hydrogen-bond donors (Lipinski definition) is 2. The fourth-order valence-corrected chi connectivity index (χ4v) is 5.11. The second kappa shape index (κ2) is 9.81. The monoisotopic (exact) mass is 487 g/mol. The Hall–Kier alpha value is -3.20. The normalized spacial score (nSPS) is 22.1. The molecule has 2 unspecified atom stereocenters. The van der Waals surface area contributed by atoms with Crippen LogP contribution in [-0.2, 0) is 35.4 Å². The van der Waals surface area contributed by atoms with Crippen molar-refractivity contribution >= 4 is 18.1 Å². The number of halogens is 3. The number of amides is 2. The lowest BCUT2D eigenvalue weighted by atomic mass is 9.70. The van der Waals surface area contributed by atoms with Crippen LogP contribution in [-0.4, -0.2) is 48.3 Å². The molecule has 6 nitrogen and oxygen atoms in total. The number of rotatable bonds is 6. The molecule has 2 atom stereocenters. The first-order valence-corrected chi connectivity index (χ1v) is 11.6. The van der Waals surface area contributed by atoms with Gasteiger partial charge in [0.05, 0.1) is 0 Å². The fraction of sp³-hybridized carbons (Fsp3) is 0.423. The summed E-state index contributed by atoms with van der Waals surface area (Å²) >= 11 is 0. The number of nitrogens with zero attached hydrogens (tertiary/aromatic N) is 1. The largest absolute Gasteiger partial charge is 0.406 e. The molecule has 35 heavy (non-hydrogen) atoms. The Morgan fingerprint density at radius 3 is 2.57 bits per heavy atom. The highest BCUT2D eigenvalue weighted by molar-refractivity contribution is 5.98. The lowest BCUT2D eigenvalue weighted by Gasteiger charge is -2.33. The zero-order chi connectivity index (χ0) is 25.2. The molecule has 0 radical (unpaired) electrons. The predicted octanol–water partition coefficient (Wildman–Crippen LogP) is 2.96. The standard InChI is InChI=1S/C26H28F3N3O3/c27-26(28,29)15-32-14-21-4-2-1-3-17(21)12-22(24(32)35)31-23(34)19-5-6-20-13-25(16-33,9-10-30)8-7-18(20)11-19/h1-6,11,16,22H,7-10,12-15,30H2,(H,31,34). The van der Waals surface area contributed by atoms with Crippen molar-refractivity contribution in [3.05, 3.63) is 70.3 Å². The molecule has 2 amide bonds. The number of hydrogen-bond acceptors (Lipinski definition) is 4. The van der Waals surface area contributed by atoms with E-state index in [1.165, 1.54) is 0 Å². The molecule has 2 aromatic carbocycles. The van der Waals surface area contributed by atoms with Gasteiger partial charge >= 0.3 is 6.18 Å². The van der Waals surface area contributed by atoms with Gasteiger partial charge in [-0.1, -0.05) is 30.3 Å². The zero-order valence-electron chi connectivity index (χ0n) is 19.2. The van der Waals surface area contributed by atoms with Gasteiger partial charge in [0.15, 0.2) is 0 Å². The van der Waals surface area contributed by atoms with Crippen LogP contribution in [0.25, 0.3) is 0 Å². The SMILES string of the molecule is NCCC1(C=O)CCc2cc(C(=O)NC3Cc4ccccc4CN(CC(F)(F)F)C3=O)ccc2C1. The molecule has 9 heteroatoms. The highest BCUT2D eigenvalue weighted by Gasteiger charge is 2.38. The van der Waals surface area contributed by atoms with Crippen molar-refractivity contribution in [1.82, 2.24) is 10.2 Å². The Bertz CT molecular complexity index is 1130. The van der Waals surface area contributed by atoms with E-state index in [1.54, 1.807) is 42.5 Å². The average Bonchev–Trinajstić information content (AvgIpc) is 2.94. The van der Waals surface area contributed by atoms with Gasteiger partial charge in [0.25, 0.3) is 5.91 Å². The minimum absolute atomic E-state index is 0.112. The number of benzene rings is 2. The number of alkyl halides is 3. The molecule has 1 aliphatic carbocycles. The fourth-order valence-electron chi connectivity index (χ4n) is 5.11. The van der Waals surface area contributed by atoms with E-state index in [0.29, 0.717) is 43.4 Å². The Morgan fingerprint density at radius 1 is 1.14 bits per heavy atom. The van der Waals surface area contributed by atoms with Gasteiger partial charge in [-0.05, 0) is 66.6 Å². The number of nitrogens with two attached hydrogens (primary N) is 1. The second-order valence-electron chi connectivity index (χ2n) is 9.49. The molecule has 2 aliphatic rings. The van der Waals surface area contributed by atoms with E-state index in [2.05, 4.69) is 5.32 Å². The van der Waals surface area contributed by atoms with Crippen molar-refractivity contribution in [2.24, 2.45) is 11.1 Å². The highest BCUT2D eigenvalue weighted by atomic mass is 19.4. The minimum Gasteiger partial charge on any atom is -0.340 e. The van der Waals surface area contributed by atoms with Crippen molar-refractivity contribution in [2.45, 2.75) is 50.9 Å². The van der Waals surface area contributed by atoms with Gasteiger partial charge in [-0.2, -0.15) is 13.2 Å². The number of carbonyl (C=O) groups excluding carboxylic acids is 3. The van der Waals surface area contributed by atoms with E-state index in [9.17, 15) is 27.6 Å². The van der Waals surface area contributed by atoms with Crippen molar-refractivity contribution in [3.63, 3.8) is 0 Å². The highest BCUT2D eigenvalue weighted by Crippen LogP contribution is 2.37. The molecular formula is C26H28F3N3O3. The van der Waals surface area contributed by atoms with E-state index >= 15 is 0 Å². The summed E-state index contributed by atoms with van der Waals surface area (Å²) in [4.78, 5) is 38.6. The summed E-state index contributed by atoms with van der Waals surface area (Å²) in [5.41, 5.74) is 8.80. The summed E-state index contributed by atoms with van der Waals surface area (Å²) in [5.74, 6) is -1.28. The van der Waals surface area contributed by atoms with Gasteiger partial charge in [0.2, 0.25) is 5.91 Å². The molecule has 2 aromatic rings. The van der Waals surface area contributed by atoms with Crippen molar-refractivity contribution in [1.29, 1.82) is 0 Å². The summed E-state index contributed by atoms with van der Waals surface area (Å²) in [5, 5.41) is 2.67. The van der Waals surface area contributed by atoms with E-state index in [0.717, 1.165) is 27.9 Å². The lowest BCUT2D eigenvalue weighted by Crippen LogP contribution is -2.50. The maximum Gasteiger partial charge on any atom is 0.406 e. The Labute approximate surface area is 201 Å². The maximum atomic E-state index is 13.2. The summed E-state index contributed by atoms with van der Waals surface area (Å²) in [6, 6.07) is 11.0. The van der Waals surface area contributed by atoms with Crippen LogP contribution in [0.15, 0.2) is 42.5 Å². The molecule has 0 spiro atoms. The third-order valence-electron chi connectivity index (χ3n) is 6.98. The van der Waals surface area contributed by atoms with Crippen LogP contribution in [0.5, 0.6) is 0 Å². The number of carbonyl (C=O) groups is 3. The lowest BCUT2D eigenvalue weighted by molar-refractivity contribution is -0.163. The molecule has 0 aromatic heterocycles. The number of aldehydes is 1. The molecular weight excluding hydrogens is 459 g/mol. The molecule has 4 rings (SSSR count). The first-order chi connectivity index (χ1) is 16.6. The Kier molecular flexibility index (Phi) is 6.98. The number of nitrogens with one attached hydrogen (secondary N) is 1. The first kappa shape index (κ1) is 24.9. The summed E-state index contributed by atoms with van der Waals surface area (Å²) < 4.78 is 39.5. The molecule has 1 heterocycles. The van der Waals surface area contributed by atoms with Crippen LogP contribution in [0.3, 0.4) is 0 Å². The Morgan fingerprint density at radius 2 is 1.89 bits per heavy atom. The molecule has 186 valence electrons. The maximum absolute atomic E-state index is 13.2. The summed E-state index contributed by atoms with van der Waals surface area (Å²) in [6.45, 7) is -1.13. The van der Waals surface area contributed by atoms with Gasteiger partial charge in [-0.15, -0.1) is 0 Å². The third kappa shape index (κ3) is 5.56. The van der Waals surface area contributed by atoms with Gasteiger partial charge in [0, 0.05) is 23.9 Å². The third-order valence-corrected chi connectivity index (χ3v) is 6.98. The first-order valence-electron chi connectivity index (χ1n) is 11.6. The smallest absolute Gasteiger partial charge is 0.340 e. The van der Waals surface area contributed by atoms with Crippen LogP contribution >= 0.6 is 0 Å². The van der Waals surface area contributed by atoms with Crippen LogP contribution in [0, 0.1) is 5.41 Å². The van der Waals surface area contributed by atoms with Crippen LogP contribution in [0.2, 0.25) is 0 Å². The minimum atomic E-state index is -4.55. The van der Waals surface area contributed by atoms with E-state index in [1.807, 2.05) is 0 Å². The van der Waals surface area contributed by atoms with Crippen LogP contribution in [0.1, 0.15) is 45.5 Å². The average molecular weight is 488 g/mol. The van der Waals surface area contributed by atoms with Gasteiger partial charge < -0.3 is 20.7 Å². The zero-order valence-corrected chi connectivity index (χ0v) is 19.2. The number of fused-ring (bicyclic) bond motifs is 2. The Balaban J connectivity index is 1.55. The van der Waals surface area contributed by atoms with Crippen molar-refractivity contribution < 1.29 is 27.6 Å². The molecule has 3 N–H and O–H groups in total.